The van der Waals surface area contributed by atoms with Crippen LogP contribution in [-0.2, 0) is 6.54 Å². The molecule has 0 bridgehead atoms. The van der Waals surface area contributed by atoms with Crippen LogP contribution < -0.4 is 15.5 Å². The number of benzene rings is 4. The molecule has 2 N–H and O–H groups in total. The highest BCUT2D eigenvalue weighted by Gasteiger charge is 2.30. The van der Waals surface area contributed by atoms with Gasteiger partial charge in [0, 0.05) is 43.7 Å². The van der Waals surface area contributed by atoms with Crippen LogP contribution in [0.1, 0.15) is 78.7 Å². The van der Waals surface area contributed by atoms with Crippen molar-refractivity contribution < 1.29 is 4.79 Å². The van der Waals surface area contributed by atoms with Crippen molar-refractivity contribution in [3.05, 3.63) is 131 Å². The van der Waals surface area contributed by atoms with Crippen LogP contribution in [0.4, 0.5) is 11.8 Å². The fraction of sp³-hybridized carbons (Fsp3) is 0.325. The number of anilines is 2. The van der Waals surface area contributed by atoms with Crippen molar-refractivity contribution in [3.63, 3.8) is 0 Å². The molecule has 1 aliphatic rings. The first-order valence-corrected chi connectivity index (χ1v) is 16.8. The monoisotopic (exact) mass is 626 g/mol. The fourth-order valence-corrected chi connectivity index (χ4v) is 6.84. The Balaban J connectivity index is 1.12. The average molecular weight is 627 g/mol. The van der Waals surface area contributed by atoms with E-state index in [0.717, 1.165) is 64.7 Å². The maximum absolute atomic E-state index is 14.5. The molecule has 4 aromatic carbocycles. The second-order valence-corrected chi connectivity index (χ2v) is 12.9. The number of carbonyl (C=O) groups excluding carboxylic acids is 1. The van der Waals surface area contributed by atoms with Gasteiger partial charge in [0.15, 0.2) is 0 Å². The Bertz CT molecular complexity index is 1720. The summed E-state index contributed by atoms with van der Waals surface area (Å²) in [5, 5.41) is 8.47. The Morgan fingerprint density at radius 1 is 0.723 bits per heavy atom. The molecule has 47 heavy (non-hydrogen) atoms. The smallest absolute Gasteiger partial charge is 0.255 e. The predicted molar refractivity (Wildman–Crippen MR) is 193 cm³/mol. The van der Waals surface area contributed by atoms with Crippen LogP contribution in [0.25, 0.3) is 10.9 Å². The first-order valence-electron chi connectivity index (χ1n) is 16.8. The molecule has 0 aliphatic heterocycles. The Labute approximate surface area is 279 Å². The van der Waals surface area contributed by atoms with Gasteiger partial charge in [-0.1, -0.05) is 91.0 Å². The molecule has 0 spiro atoms. The molecule has 1 amide bonds. The van der Waals surface area contributed by atoms with Crippen molar-refractivity contribution >= 4 is 28.6 Å². The fourth-order valence-electron chi connectivity index (χ4n) is 6.84. The van der Waals surface area contributed by atoms with Gasteiger partial charge in [0.25, 0.3) is 5.91 Å². The summed E-state index contributed by atoms with van der Waals surface area (Å²) in [6.45, 7) is 4.91. The SMILES string of the molecule is C[C@@H](c1ccccc1)N(C(=O)c1ccccc1CN[C@H]1CC[C@@H](Nc2nc(N(C)C)c3ccccc3n2)CC1)[C@@H](C)c1ccccc1. The molecule has 6 rings (SSSR count). The highest BCUT2D eigenvalue weighted by molar-refractivity contribution is 5.96. The molecule has 0 unspecified atom stereocenters. The summed E-state index contributed by atoms with van der Waals surface area (Å²) in [7, 11) is 4.04. The third-order valence-corrected chi connectivity index (χ3v) is 9.53. The Kier molecular flexibility index (Phi) is 10.1. The summed E-state index contributed by atoms with van der Waals surface area (Å²) >= 11 is 0. The Morgan fingerprint density at radius 2 is 1.28 bits per heavy atom. The highest BCUT2D eigenvalue weighted by atomic mass is 16.2. The lowest BCUT2D eigenvalue weighted by atomic mass is 9.91. The van der Waals surface area contributed by atoms with Gasteiger partial charge in [-0.2, -0.15) is 4.98 Å². The summed E-state index contributed by atoms with van der Waals surface area (Å²) in [6, 6.07) is 37.4. The van der Waals surface area contributed by atoms with Gasteiger partial charge in [0.2, 0.25) is 5.95 Å². The zero-order valence-corrected chi connectivity index (χ0v) is 27.9. The van der Waals surface area contributed by atoms with Gasteiger partial charge < -0.3 is 20.4 Å². The number of aromatic nitrogens is 2. The molecule has 1 heterocycles. The zero-order valence-electron chi connectivity index (χ0n) is 27.9. The van der Waals surface area contributed by atoms with Gasteiger partial charge in [0.05, 0.1) is 17.6 Å². The summed E-state index contributed by atoms with van der Waals surface area (Å²) in [6.07, 6.45) is 4.15. The number of rotatable bonds is 11. The minimum Gasteiger partial charge on any atom is -0.362 e. The number of fused-ring (bicyclic) bond motifs is 1. The second-order valence-electron chi connectivity index (χ2n) is 12.9. The molecule has 0 radical (unpaired) electrons. The zero-order chi connectivity index (χ0) is 32.8. The minimum absolute atomic E-state index is 0.0514. The van der Waals surface area contributed by atoms with Crippen molar-refractivity contribution in [1.82, 2.24) is 20.2 Å². The standard InChI is InChI=1S/C40H46N6O/c1-28(30-15-7-5-8-16-30)46(29(2)31-17-9-6-10-18-31)39(47)35-20-12-11-19-32(35)27-41-33-23-25-34(26-24-33)42-40-43-37-22-14-13-21-36(37)38(44-40)45(3)4/h5-22,28-29,33-34,41H,23-27H2,1-4H3,(H,42,43,44)/t28-,29-,33-,34+/m0/s1. The van der Waals surface area contributed by atoms with Crippen LogP contribution in [0, 0.1) is 0 Å². The van der Waals surface area contributed by atoms with Crippen molar-refractivity contribution in [3.8, 4) is 0 Å². The van der Waals surface area contributed by atoms with E-state index in [2.05, 4.69) is 60.9 Å². The lowest BCUT2D eigenvalue weighted by Crippen LogP contribution is -2.38. The van der Waals surface area contributed by atoms with E-state index in [1.54, 1.807) is 0 Å². The quantitative estimate of drug-likeness (QED) is 0.154. The number of amides is 1. The van der Waals surface area contributed by atoms with E-state index in [1.807, 2.05) is 96.7 Å². The molecule has 1 aliphatic carbocycles. The van der Waals surface area contributed by atoms with E-state index in [-0.39, 0.29) is 18.0 Å². The molecule has 2 atom stereocenters. The molecule has 0 saturated heterocycles. The van der Waals surface area contributed by atoms with Gasteiger partial charge in [-0.25, -0.2) is 4.98 Å². The first kappa shape index (κ1) is 32.2. The van der Waals surface area contributed by atoms with E-state index >= 15 is 0 Å². The molecule has 1 aromatic heterocycles. The Morgan fingerprint density at radius 3 is 1.91 bits per heavy atom. The van der Waals surface area contributed by atoms with Crippen molar-refractivity contribution in [2.75, 3.05) is 24.3 Å². The first-order chi connectivity index (χ1) is 22.9. The normalized spacial score (nSPS) is 17.5. The van der Waals surface area contributed by atoms with Crippen molar-refractivity contribution in [2.45, 2.75) is 70.2 Å². The predicted octanol–water partition coefficient (Wildman–Crippen LogP) is 8.17. The van der Waals surface area contributed by atoms with E-state index in [4.69, 9.17) is 9.97 Å². The van der Waals surface area contributed by atoms with Gasteiger partial charge >= 0.3 is 0 Å². The topological polar surface area (TPSA) is 73.4 Å². The van der Waals surface area contributed by atoms with Crippen LogP contribution in [0.2, 0.25) is 0 Å². The molecular weight excluding hydrogens is 580 g/mol. The van der Waals surface area contributed by atoms with E-state index in [0.29, 0.717) is 24.6 Å². The molecular formula is C40H46N6O. The van der Waals surface area contributed by atoms with Crippen LogP contribution in [0.3, 0.4) is 0 Å². The van der Waals surface area contributed by atoms with Crippen molar-refractivity contribution in [2.24, 2.45) is 0 Å². The maximum Gasteiger partial charge on any atom is 0.255 e. The van der Waals surface area contributed by atoms with Crippen LogP contribution in [0.15, 0.2) is 109 Å². The summed E-state index contributed by atoms with van der Waals surface area (Å²) in [5.74, 6) is 1.67. The van der Waals surface area contributed by atoms with Gasteiger partial charge in [-0.3, -0.25) is 4.79 Å². The number of para-hydroxylation sites is 1. The average Bonchev–Trinajstić information content (AvgIpc) is 3.11. The highest BCUT2D eigenvalue weighted by Crippen LogP contribution is 2.33. The van der Waals surface area contributed by atoms with Crippen LogP contribution in [0.5, 0.6) is 0 Å². The Hall–Kier alpha value is -4.75. The lowest BCUT2D eigenvalue weighted by Gasteiger charge is -2.36. The van der Waals surface area contributed by atoms with Crippen LogP contribution in [-0.4, -0.2) is 47.0 Å². The maximum atomic E-state index is 14.5. The molecule has 7 heteroatoms. The largest absolute Gasteiger partial charge is 0.362 e. The minimum atomic E-state index is -0.0944. The molecule has 5 aromatic rings. The number of carbonyl (C=O) groups is 1. The van der Waals surface area contributed by atoms with Gasteiger partial charge in [-0.05, 0) is 74.4 Å². The molecule has 1 fully saturated rings. The van der Waals surface area contributed by atoms with Gasteiger partial charge in [-0.15, -0.1) is 0 Å². The second kappa shape index (κ2) is 14.8. The summed E-state index contributed by atoms with van der Waals surface area (Å²) < 4.78 is 0. The van der Waals surface area contributed by atoms with Crippen LogP contribution >= 0.6 is 0 Å². The molecule has 242 valence electrons. The van der Waals surface area contributed by atoms with E-state index in [9.17, 15) is 4.79 Å². The van der Waals surface area contributed by atoms with Gasteiger partial charge in [0.1, 0.15) is 5.82 Å². The number of nitrogens with one attached hydrogen (secondary N) is 2. The van der Waals surface area contributed by atoms with Crippen molar-refractivity contribution in [1.29, 1.82) is 0 Å². The lowest BCUT2D eigenvalue weighted by molar-refractivity contribution is 0.0602. The third kappa shape index (κ3) is 7.47. The number of nitrogens with zero attached hydrogens (tertiary/aromatic N) is 4. The van der Waals surface area contributed by atoms with E-state index < -0.39 is 0 Å². The molecule has 1 saturated carbocycles. The van der Waals surface area contributed by atoms with E-state index in [1.165, 1.54) is 0 Å². The number of hydrogen-bond acceptors (Lipinski definition) is 6. The summed E-state index contributed by atoms with van der Waals surface area (Å²) in [5.41, 5.74) is 4.98. The third-order valence-electron chi connectivity index (χ3n) is 9.53. The number of hydrogen-bond donors (Lipinski definition) is 2. The molecule has 7 nitrogen and oxygen atoms in total. The summed E-state index contributed by atoms with van der Waals surface area (Å²) in [4.78, 5) is 28.2.